The number of hydrogen-bond acceptors (Lipinski definition) is 3. The van der Waals surface area contributed by atoms with Crippen molar-refractivity contribution in [2.45, 2.75) is 22.7 Å². The number of benzene rings is 1. The Morgan fingerprint density at radius 2 is 2.13 bits per heavy atom. The van der Waals surface area contributed by atoms with Crippen LogP contribution in [0.3, 0.4) is 0 Å². The molecule has 2 aliphatic heterocycles. The minimum absolute atomic E-state index is 0.0706. The Hall–Kier alpha value is -0.510. The van der Waals surface area contributed by atoms with Crippen LogP contribution in [0.1, 0.15) is 5.56 Å². The van der Waals surface area contributed by atoms with E-state index in [0.29, 0.717) is 5.25 Å². The molecule has 2 nitrogen and oxygen atoms in total. The first-order valence-corrected chi connectivity index (χ1v) is 6.34. The molecular weight excluding hydrogens is 206 g/mol. The molecule has 0 saturated carbocycles. The third-order valence-electron chi connectivity index (χ3n) is 3.11. The molecule has 0 radical (unpaired) electrons. The zero-order chi connectivity index (χ0) is 10.3. The SMILES string of the molecule is OC1CN(CC2Cc3ccccc3S2)C1. The summed E-state index contributed by atoms with van der Waals surface area (Å²) in [7, 11) is 0. The first-order valence-electron chi connectivity index (χ1n) is 5.46. The van der Waals surface area contributed by atoms with Crippen molar-refractivity contribution in [3.05, 3.63) is 29.8 Å². The maximum absolute atomic E-state index is 9.22. The highest BCUT2D eigenvalue weighted by Gasteiger charge is 2.29. The van der Waals surface area contributed by atoms with E-state index in [-0.39, 0.29) is 6.10 Å². The van der Waals surface area contributed by atoms with Crippen molar-refractivity contribution >= 4 is 11.8 Å². The van der Waals surface area contributed by atoms with Crippen LogP contribution in [-0.2, 0) is 6.42 Å². The number of aliphatic hydroxyl groups excluding tert-OH is 1. The number of β-amino-alcohol motifs (C(OH)–C–C–N with tert-alkyl or cyclic N) is 1. The van der Waals surface area contributed by atoms with E-state index in [1.807, 2.05) is 11.8 Å². The van der Waals surface area contributed by atoms with Crippen molar-refractivity contribution in [2.24, 2.45) is 0 Å². The van der Waals surface area contributed by atoms with Crippen LogP contribution in [0, 0.1) is 0 Å². The van der Waals surface area contributed by atoms with Crippen LogP contribution in [-0.4, -0.2) is 41.0 Å². The molecule has 3 rings (SSSR count). The molecule has 0 aliphatic carbocycles. The van der Waals surface area contributed by atoms with Gasteiger partial charge in [-0.3, -0.25) is 4.90 Å². The predicted octanol–water partition coefficient (Wildman–Crippen LogP) is 1.38. The molecule has 0 aromatic heterocycles. The minimum Gasteiger partial charge on any atom is -0.390 e. The summed E-state index contributed by atoms with van der Waals surface area (Å²) in [6, 6.07) is 8.68. The van der Waals surface area contributed by atoms with Gasteiger partial charge in [-0.25, -0.2) is 0 Å². The molecule has 1 saturated heterocycles. The molecule has 2 aliphatic rings. The van der Waals surface area contributed by atoms with Crippen LogP contribution in [0.5, 0.6) is 0 Å². The molecular formula is C12H15NOS. The van der Waals surface area contributed by atoms with Crippen molar-refractivity contribution in [1.82, 2.24) is 4.90 Å². The monoisotopic (exact) mass is 221 g/mol. The first kappa shape index (κ1) is 9.70. The molecule has 80 valence electrons. The lowest BCUT2D eigenvalue weighted by Gasteiger charge is -2.37. The summed E-state index contributed by atoms with van der Waals surface area (Å²) >= 11 is 1.99. The van der Waals surface area contributed by atoms with Gasteiger partial charge in [0.1, 0.15) is 0 Å². The standard InChI is InChI=1S/C12H15NOS/c14-10-6-13(7-10)8-11-5-9-3-1-2-4-12(9)15-11/h1-4,10-11,14H,5-8H2. The minimum atomic E-state index is -0.0706. The predicted molar refractivity (Wildman–Crippen MR) is 62.2 cm³/mol. The number of likely N-dealkylation sites (tertiary alicyclic amines) is 1. The summed E-state index contributed by atoms with van der Waals surface area (Å²) in [5.41, 5.74) is 1.49. The molecule has 1 atom stereocenters. The van der Waals surface area contributed by atoms with Crippen molar-refractivity contribution in [1.29, 1.82) is 0 Å². The van der Waals surface area contributed by atoms with E-state index >= 15 is 0 Å². The van der Waals surface area contributed by atoms with Gasteiger partial charge in [-0.1, -0.05) is 18.2 Å². The molecule has 1 aromatic rings. The molecule has 0 spiro atoms. The van der Waals surface area contributed by atoms with E-state index in [1.165, 1.54) is 16.9 Å². The van der Waals surface area contributed by atoms with E-state index in [9.17, 15) is 5.11 Å². The molecule has 2 heterocycles. The number of rotatable bonds is 2. The molecule has 1 N–H and O–H groups in total. The molecule has 0 bridgehead atoms. The largest absolute Gasteiger partial charge is 0.390 e. The van der Waals surface area contributed by atoms with Gasteiger partial charge in [-0.15, -0.1) is 11.8 Å². The fourth-order valence-electron chi connectivity index (χ4n) is 2.34. The summed E-state index contributed by atoms with van der Waals surface area (Å²) in [4.78, 5) is 3.79. The van der Waals surface area contributed by atoms with Crippen LogP contribution in [0.15, 0.2) is 29.2 Å². The zero-order valence-electron chi connectivity index (χ0n) is 8.60. The number of nitrogens with zero attached hydrogens (tertiary/aromatic N) is 1. The van der Waals surface area contributed by atoms with Gasteiger partial charge in [0, 0.05) is 29.8 Å². The smallest absolute Gasteiger partial charge is 0.0793 e. The van der Waals surface area contributed by atoms with Crippen LogP contribution in [0.2, 0.25) is 0 Å². The quantitative estimate of drug-likeness (QED) is 0.816. The van der Waals surface area contributed by atoms with Crippen LogP contribution >= 0.6 is 11.8 Å². The summed E-state index contributed by atoms with van der Waals surface area (Å²) in [5.74, 6) is 0. The van der Waals surface area contributed by atoms with Gasteiger partial charge in [0.05, 0.1) is 6.10 Å². The molecule has 1 aromatic carbocycles. The summed E-state index contributed by atoms with van der Waals surface area (Å²) in [6.07, 6.45) is 1.12. The van der Waals surface area contributed by atoms with Gasteiger partial charge in [0.2, 0.25) is 0 Å². The van der Waals surface area contributed by atoms with Crippen LogP contribution < -0.4 is 0 Å². The summed E-state index contributed by atoms with van der Waals surface area (Å²) in [5, 5.41) is 9.91. The average Bonchev–Trinajstić information content (AvgIpc) is 2.57. The van der Waals surface area contributed by atoms with E-state index in [2.05, 4.69) is 29.2 Å². The Kier molecular flexibility index (Phi) is 2.47. The topological polar surface area (TPSA) is 23.5 Å². The first-order chi connectivity index (χ1) is 7.31. The van der Waals surface area contributed by atoms with Gasteiger partial charge in [0.15, 0.2) is 0 Å². The van der Waals surface area contributed by atoms with Crippen molar-refractivity contribution in [3.63, 3.8) is 0 Å². The summed E-state index contributed by atoms with van der Waals surface area (Å²) < 4.78 is 0. The highest BCUT2D eigenvalue weighted by Crippen LogP contribution is 2.37. The third-order valence-corrected chi connectivity index (χ3v) is 4.41. The maximum Gasteiger partial charge on any atom is 0.0793 e. The van der Waals surface area contributed by atoms with Crippen molar-refractivity contribution < 1.29 is 5.11 Å². The lowest BCUT2D eigenvalue weighted by molar-refractivity contribution is 0.00292. The van der Waals surface area contributed by atoms with Gasteiger partial charge in [-0.2, -0.15) is 0 Å². The zero-order valence-corrected chi connectivity index (χ0v) is 9.41. The Morgan fingerprint density at radius 1 is 1.33 bits per heavy atom. The Bertz CT molecular complexity index is 337. The third kappa shape index (κ3) is 1.92. The summed E-state index contributed by atoms with van der Waals surface area (Å²) in [6.45, 7) is 2.86. The molecule has 0 amide bonds. The van der Waals surface area contributed by atoms with Crippen LogP contribution in [0.4, 0.5) is 0 Å². The van der Waals surface area contributed by atoms with Crippen LogP contribution in [0.25, 0.3) is 0 Å². The maximum atomic E-state index is 9.22. The fraction of sp³-hybridized carbons (Fsp3) is 0.500. The number of aliphatic hydroxyl groups is 1. The second-order valence-electron chi connectivity index (χ2n) is 4.42. The number of thioether (sulfide) groups is 1. The van der Waals surface area contributed by atoms with Gasteiger partial charge in [0.25, 0.3) is 0 Å². The normalized spacial score (nSPS) is 26.3. The molecule has 3 heteroatoms. The van der Waals surface area contributed by atoms with E-state index in [0.717, 1.165) is 19.6 Å². The Labute approximate surface area is 94.3 Å². The Balaban J connectivity index is 1.59. The highest BCUT2D eigenvalue weighted by molar-refractivity contribution is 8.00. The lowest BCUT2D eigenvalue weighted by Crippen LogP contribution is -2.52. The van der Waals surface area contributed by atoms with Crippen molar-refractivity contribution in [2.75, 3.05) is 19.6 Å². The lowest BCUT2D eigenvalue weighted by atomic mass is 10.1. The molecule has 1 fully saturated rings. The van der Waals surface area contributed by atoms with Gasteiger partial charge in [-0.05, 0) is 18.1 Å². The number of hydrogen-bond donors (Lipinski definition) is 1. The van der Waals surface area contributed by atoms with E-state index < -0.39 is 0 Å². The second kappa shape index (κ2) is 3.81. The number of fused-ring (bicyclic) bond motifs is 1. The van der Waals surface area contributed by atoms with Gasteiger partial charge < -0.3 is 5.11 Å². The molecule has 15 heavy (non-hydrogen) atoms. The van der Waals surface area contributed by atoms with Crippen molar-refractivity contribution in [3.8, 4) is 0 Å². The Morgan fingerprint density at radius 3 is 2.87 bits per heavy atom. The second-order valence-corrected chi connectivity index (χ2v) is 5.77. The fourth-order valence-corrected chi connectivity index (χ4v) is 3.70. The van der Waals surface area contributed by atoms with Gasteiger partial charge >= 0.3 is 0 Å². The molecule has 1 unspecified atom stereocenters. The highest BCUT2D eigenvalue weighted by atomic mass is 32.2. The van der Waals surface area contributed by atoms with E-state index in [1.54, 1.807) is 0 Å². The average molecular weight is 221 g/mol. The van der Waals surface area contributed by atoms with E-state index in [4.69, 9.17) is 0 Å².